The van der Waals surface area contributed by atoms with Crippen molar-refractivity contribution in [1.29, 1.82) is 0 Å². The largest absolute Gasteiger partial charge is 0.480 e. The van der Waals surface area contributed by atoms with Crippen LogP contribution in [-0.2, 0) is 11.2 Å². The topological polar surface area (TPSA) is 66.4 Å². The molecule has 0 heterocycles. The summed E-state index contributed by atoms with van der Waals surface area (Å²) < 4.78 is 0.919. The highest BCUT2D eigenvalue weighted by atomic mass is 79.9. The lowest BCUT2D eigenvalue weighted by atomic mass is 10.0. The number of rotatable bonds is 5. The highest BCUT2D eigenvalue weighted by molar-refractivity contribution is 9.10. The van der Waals surface area contributed by atoms with Crippen LogP contribution < -0.4 is 5.32 Å². The lowest BCUT2D eigenvalue weighted by molar-refractivity contribution is -0.139. The van der Waals surface area contributed by atoms with Crippen LogP contribution in [0.1, 0.15) is 15.9 Å². The molecule has 0 aliphatic heterocycles. The number of amides is 1. The molecule has 4 nitrogen and oxygen atoms in total. The molecule has 3 aromatic rings. The molecule has 0 aliphatic rings. The number of benzene rings is 3. The van der Waals surface area contributed by atoms with Crippen LogP contribution >= 0.6 is 15.9 Å². The van der Waals surface area contributed by atoms with E-state index in [9.17, 15) is 14.7 Å². The van der Waals surface area contributed by atoms with E-state index in [1.807, 2.05) is 54.6 Å². The Balaban J connectivity index is 1.83. The third-order valence-corrected chi connectivity index (χ3v) is 4.52. The van der Waals surface area contributed by atoms with Gasteiger partial charge in [0.25, 0.3) is 5.91 Å². The first-order valence-electron chi connectivity index (χ1n) is 7.80. The molecule has 0 bridgehead atoms. The Morgan fingerprint density at radius 1 is 0.960 bits per heavy atom. The second-order valence-corrected chi connectivity index (χ2v) is 6.64. The zero-order valence-electron chi connectivity index (χ0n) is 13.3. The Morgan fingerprint density at radius 2 is 1.64 bits per heavy atom. The molecule has 1 amide bonds. The van der Waals surface area contributed by atoms with Gasteiger partial charge in [0, 0.05) is 16.5 Å². The zero-order valence-corrected chi connectivity index (χ0v) is 14.9. The van der Waals surface area contributed by atoms with Crippen molar-refractivity contribution in [3.05, 3.63) is 82.3 Å². The molecule has 126 valence electrons. The van der Waals surface area contributed by atoms with E-state index < -0.39 is 12.0 Å². The Bertz CT molecular complexity index is 916. The molecule has 0 aromatic heterocycles. The average molecular weight is 398 g/mol. The molecule has 3 aromatic carbocycles. The van der Waals surface area contributed by atoms with Crippen LogP contribution in [-0.4, -0.2) is 23.0 Å². The van der Waals surface area contributed by atoms with E-state index in [-0.39, 0.29) is 12.3 Å². The first-order valence-corrected chi connectivity index (χ1v) is 8.60. The lowest BCUT2D eigenvalue weighted by Gasteiger charge is -2.15. The van der Waals surface area contributed by atoms with Gasteiger partial charge in [-0.2, -0.15) is 0 Å². The van der Waals surface area contributed by atoms with Crippen LogP contribution in [0.3, 0.4) is 0 Å². The lowest BCUT2D eigenvalue weighted by Crippen LogP contribution is -2.42. The second-order valence-electron chi connectivity index (χ2n) is 5.72. The minimum atomic E-state index is -1.06. The molecule has 3 rings (SSSR count). The first kappa shape index (κ1) is 17.2. The number of aliphatic carboxylic acids is 1. The number of carboxylic acids is 1. The zero-order chi connectivity index (χ0) is 17.8. The Kier molecular flexibility index (Phi) is 5.14. The molecule has 0 radical (unpaired) electrons. The van der Waals surface area contributed by atoms with Crippen molar-refractivity contribution < 1.29 is 14.7 Å². The molecule has 0 saturated carbocycles. The van der Waals surface area contributed by atoms with Gasteiger partial charge in [0.1, 0.15) is 6.04 Å². The third-order valence-electron chi connectivity index (χ3n) is 3.99. The minimum Gasteiger partial charge on any atom is -0.480 e. The van der Waals surface area contributed by atoms with E-state index in [1.54, 1.807) is 12.1 Å². The van der Waals surface area contributed by atoms with Gasteiger partial charge in [0.2, 0.25) is 0 Å². The Morgan fingerprint density at radius 3 is 2.36 bits per heavy atom. The summed E-state index contributed by atoms with van der Waals surface area (Å²) in [4.78, 5) is 24.2. The Labute approximate surface area is 153 Å². The molecule has 2 N–H and O–H groups in total. The summed E-state index contributed by atoms with van der Waals surface area (Å²) in [5, 5.41) is 13.9. The van der Waals surface area contributed by atoms with Crippen molar-refractivity contribution in [2.45, 2.75) is 12.5 Å². The smallest absolute Gasteiger partial charge is 0.326 e. The highest BCUT2D eigenvalue weighted by Crippen LogP contribution is 2.19. The summed E-state index contributed by atoms with van der Waals surface area (Å²) in [6.45, 7) is 0. The summed E-state index contributed by atoms with van der Waals surface area (Å²) >= 11 is 3.35. The molecule has 1 atom stereocenters. The van der Waals surface area contributed by atoms with Crippen molar-refractivity contribution in [2.75, 3.05) is 0 Å². The minimum absolute atomic E-state index is 0.221. The highest BCUT2D eigenvalue weighted by Gasteiger charge is 2.22. The number of hydrogen-bond acceptors (Lipinski definition) is 2. The third kappa shape index (κ3) is 4.06. The maximum Gasteiger partial charge on any atom is 0.326 e. The molecule has 25 heavy (non-hydrogen) atoms. The number of carbonyl (C=O) groups excluding carboxylic acids is 1. The molecule has 0 fully saturated rings. The van der Waals surface area contributed by atoms with Crippen molar-refractivity contribution in [3.63, 3.8) is 0 Å². The van der Waals surface area contributed by atoms with Gasteiger partial charge in [-0.15, -0.1) is 0 Å². The number of carboxylic acid groups (broad SMARTS) is 1. The first-order chi connectivity index (χ1) is 12.0. The summed E-state index contributed by atoms with van der Waals surface area (Å²) in [5.41, 5.74) is 1.31. The molecule has 5 heteroatoms. The fourth-order valence-corrected chi connectivity index (χ4v) is 2.98. The second kappa shape index (κ2) is 7.49. The van der Waals surface area contributed by atoms with Crippen LogP contribution in [0.25, 0.3) is 10.8 Å². The number of halogens is 1. The van der Waals surface area contributed by atoms with Gasteiger partial charge in [-0.3, -0.25) is 4.79 Å². The van der Waals surface area contributed by atoms with Crippen LogP contribution in [0.4, 0.5) is 0 Å². The van der Waals surface area contributed by atoms with Gasteiger partial charge in [-0.05, 0) is 34.5 Å². The fraction of sp³-hybridized carbons (Fsp3) is 0.100. The molecule has 0 saturated heterocycles. The van der Waals surface area contributed by atoms with Crippen LogP contribution in [0.5, 0.6) is 0 Å². The summed E-state index contributed by atoms with van der Waals surface area (Å²) in [7, 11) is 0. The van der Waals surface area contributed by atoms with E-state index in [4.69, 9.17) is 0 Å². The van der Waals surface area contributed by atoms with Crippen LogP contribution in [0, 0.1) is 0 Å². The summed E-state index contributed by atoms with van der Waals surface area (Å²) in [5.74, 6) is -1.45. The van der Waals surface area contributed by atoms with Gasteiger partial charge in [0.15, 0.2) is 0 Å². The normalized spacial score (nSPS) is 11.9. The van der Waals surface area contributed by atoms with Crippen molar-refractivity contribution in [3.8, 4) is 0 Å². The maximum atomic E-state index is 12.6. The number of nitrogens with one attached hydrogen (secondary N) is 1. The van der Waals surface area contributed by atoms with E-state index in [1.165, 1.54) is 0 Å². The predicted molar refractivity (Wildman–Crippen MR) is 101 cm³/mol. The molecule has 0 aliphatic carbocycles. The predicted octanol–water partition coefficient (Wildman–Crippen LogP) is 4.03. The van der Waals surface area contributed by atoms with Crippen molar-refractivity contribution >= 4 is 38.6 Å². The monoisotopic (exact) mass is 397 g/mol. The number of hydrogen-bond donors (Lipinski definition) is 2. The quantitative estimate of drug-likeness (QED) is 0.682. The van der Waals surface area contributed by atoms with E-state index in [2.05, 4.69) is 21.2 Å². The molecule has 0 spiro atoms. The molecular formula is C20H16BrNO3. The van der Waals surface area contributed by atoms with Crippen molar-refractivity contribution in [2.24, 2.45) is 0 Å². The van der Waals surface area contributed by atoms with Crippen LogP contribution in [0.15, 0.2) is 71.2 Å². The fourth-order valence-electron chi connectivity index (χ4n) is 2.72. The SMILES string of the molecule is O=C(N[C@@H](Cc1ccc(Br)cc1)C(=O)O)c1cccc2ccccc12. The summed E-state index contributed by atoms with van der Waals surface area (Å²) in [6.07, 6.45) is 0.221. The maximum absolute atomic E-state index is 12.6. The molecular weight excluding hydrogens is 382 g/mol. The standard InChI is InChI=1S/C20H16BrNO3/c21-15-10-8-13(9-11-15)12-18(20(24)25)22-19(23)17-7-3-5-14-4-1-2-6-16(14)17/h1-11,18H,12H2,(H,22,23)(H,24,25)/t18-/m0/s1. The van der Waals surface area contributed by atoms with Gasteiger partial charge in [-0.25, -0.2) is 4.79 Å². The van der Waals surface area contributed by atoms with Gasteiger partial charge < -0.3 is 10.4 Å². The Hall–Kier alpha value is -2.66. The molecule has 0 unspecified atom stereocenters. The summed E-state index contributed by atoms with van der Waals surface area (Å²) in [6, 6.07) is 19.3. The number of fused-ring (bicyclic) bond motifs is 1. The van der Waals surface area contributed by atoms with E-state index in [0.717, 1.165) is 20.8 Å². The van der Waals surface area contributed by atoms with E-state index >= 15 is 0 Å². The van der Waals surface area contributed by atoms with Crippen LogP contribution in [0.2, 0.25) is 0 Å². The van der Waals surface area contributed by atoms with Gasteiger partial charge in [0.05, 0.1) is 0 Å². The average Bonchev–Trinajstić information content (AvgIpc) is 2.62. The van der Waals surface area contributed by atoms with Gasteiger partial charge in [-0.1, -0.05) is 64.5 Å². The van der Waals surface area contributed by atoms with E-state index in [0.29, 0.717) is 5.56 Å². The van der Waals surface area contributed by atoms with Crippen molar-refractivity contribution in [1.82, 2.24) is 5.32 Å². The van der Waals surface area contributed by atoms with Gasteiger partial charge >= 0.3 is 5.97 Å². The number of carbonyl (C=O) groups is 2.